The minimum absolute atomic E-state index is 0.197. The van der Waals surface area contributed by atoms with E-state index in [1.165, 1.54) is 0 Å². The van der Waals surface area contributed by atoms with Crippen LogP contribution >= 0.6 is 39.1 Å². The second-order valence-electron chi connectivity index (χ2n) is 3.14. The molecule has 1 rings (SSSR count). The lowest BCUT2D eigenvalue weighted by molar-refractivity contribution is 0.285. The first kappa shape index (κ1) is 14.7. The summed E-state index contributed by atoms with van der Waals surface area (Å²) in [5.41, 5.74) is 0. The molecule has 17 heavy (non-hydrogen) atoms. The maximum absolute atomic E-state index is 5.59. The molecular weight excluding hydrogens is 327 g/mol. The van der Waals surface area contributed by atoms with Crippen molar-refractivity contribution in [3.8, 4) is 11.5 Å². The molecule has 2 nitrogen and oxygen atoms in total. The molecule has 0 amide bonds. The maximum Gasteiger partial charge on any atom is 0.161 e. The van der Waals surface area contributed by atoms with E-state index >= 15 is 0 Å². The van der Waals surface area contributed by atoms with Crippen LogP contribution in [0.1, 0.15) is 6.42 Å². The van der Waals surface area contributed by atoms with E-state index in [1.54, 1.807) is 6.08 Å². The lowest BCUT2D eigenvalue weighted by Crippen LogP contribution is -2.01. The summed E-state index contributed by atoms with van der Waals surface area (Å²) < 4.78 is 11.3. The minimum Gasteiger partial charge on any atom is -0.490 e. The van der Waals surface area contributed by atoms with Crippen molar-refractivity contribution in [2.75, 3.05) is 18.5 Å². The van der Waals surface area contributed by atoms with Crippen LogP contribution in [-0.2, 0) is 0 Å². The summed E-state index contributed by atoms with van der Waals surface area (Å²) in [5, 5.41) is 0.917. The largest absolute Gasteiger partial charge is 0.490 e. The molecule has 1 aromatic rings. The Morgan fingerprint density at radius 1 is 1.18 bits per heavy atom. The summed E-state index contributed by atoms with van der Waals surface area (Å²) in [5.74, 6) is 1.42. The summed E-state index contributed by atoms with van der Waals surface area (Å²) in [4.78, 5) is 0. The second-order valence-corrected chi connectivity index (χ2v) is 4.94. The van der Waals surface area contributed by atoms with E-state index in [-0.39, 0.29) is 4.49 Å². The van der Waals surface area contributed by atoms with E-state index < -0.39 is 0 Å². The van der Waals surface area contributed by atoms with Gasteiger partial charge in [-0.1, -0.05) is 51.3 Å². The van der Waals surface area contributed by atoms with Gasteiger partial charge < -0.3 is 9.47 Å². The van der Waals surface area contributed by atoms with Gasteiger partial charge in [0, 0.05) is 5.33 Å². The van der Waals surface area contributed by atoms with Crippen molar-refractivity contribution < 1.29 is 9.47 Å². The lowest BCUT2D eigenvalue weighted by atomic mass is 10.3. The van der Waals surface area contributed by atoms with Crippen molar-refractivity contribution in [1.82, 2.24) is 0 Å². The molecule has 5 heteroatoms. The summed E-state index contributed by atoms with van der Waals surface area (Å²) in [6, 6.07) is 7.51. The zero-order valence-corrected chi connectivity index (χ0v) is 12.3. The predicted molar refractivity (Wildman–Crippen MR) is 75.6 cm³/mol. The van der Waals surface area contributed by atoms with Gasteiger partial charge in [0.25, 0.3) is 0 Å². The van der Waals surface area contributed by atoms with Crippen molar-refractivity contribution in [3.63, 3.8) is 0 Å². The van der Waals surface area contributed by atoms with Crippen molar-refractivity contribution in [2.45, 2.75) is 6.42 Å². The molecular formula is C12H13BrCl2O2. The Balaban J connectivity index is 2.54. The quantitative estimate of drug-likeness (QED) is 0.536. The maximum atomic E-state index is 5.59. The fourth-order valence-corrected chi connectivity index (χ4v) is 1.47. The highest BCUT2D eigenvalue weighted by Crippen LogP contribution is 2.26. The van der Waals surface area contributed by atoms with Gasteiger partial charge in [0.2, 0.25) is 0 Å². The predicted octanol–water partition coefficient (Wildman–Crippen LogP) is 4.55. The molecule has 0 aliphatic carbocycles. The zero-order valence-electron chi connectivity index (χ0n) is 9.17. The zero-order chi connectivity index (χ0) is 12.5. The van der Waals surface area contributed by atoms with Gasteiger partial charge in [0.1, 0.15) is 11.1 Å². The summed E-state index contributed by atoms with van der Waals surface area (Å²) in [6.45, 7) is 0.971. The molecule has 0 aliphatic rings. The van der Waals surface area contributed by atoms with E-state index in [0.717, 1.165) is 17.5 Å². The van der Waals surface area contributed by atoms with Crippen LogP contribution in [0.25, 0.3) is 0 Å². The molecule has 0 spiro atoms. The van der Waals surface area contributed by atoms with Crippen LogP contribution in [0.2, 0.25) is 0 Å². The first-order chi connectivity index (χ1) is 8.24. The highest BCUT2D eigenvalue weighted by atomic mass is 79.9. The Morgan fingerprint density at radius 3 is 2.41 bits per heavy atom. The van der Waals surface area contributed by atoms with Crippen LogP contribution in [-0.4, -0.2) is 18.5 Å². The molecule has 0 saturated carbocycles. The van der Waals surface area contributed by atoms with E-state index in [9.17, 15) is 0 Å². The van der Waals surface area contributed by atoms with Gasteiger partial charge >= 0.3 is 0 Å². The number of hydrogen-bond donors (Lipinski definition) is 0. The third-order valence-electron chi connectivity index (χ3n) is 1.86. The van der Waals surface area contributed by atoms with Gasteiger partial charge in [-0.2, -0.15) is 0 Å². The number of halogens is 3. The fraction of sp³-hybridized carbons (Fsp3) is 0.333. The lowest BCUT2D eigenvalue weighted by Gasteiger charge is -2.11. The van der Waals surface area contributed by atoms with Gasteiger partial charge in [-0.05, 0) is 24.6 Å². The van der Waals surface area contributed by atoms with Crippen molar-refractivity contribution in [3.05, 3.63) is 34.8 Å². The Bertz CT molecular complexity index is 365. The molecule has 0 radical (unpaired) electrons. The fourth-order valence-electron chi connectivity index (χ4n) is 1.12. The molecule has 0 unspecified atom stereocenters. The monoisotopic (exact) mass is 338 g/mol. The third-order valence-corrected chi connectivity index (χ3v) is 2.73. The van der Waals surface area contributed by atoms with Crippen LogP contribution in [0.15, 0.2) is 34.8 Å². The van der Waals surface area contributed by atoms with Crippen LogP contribution in [0, 0.1) is 0 Å². The summed E-state index contributed by atoms with van der Waals surface area (Å²) in [6.07, 6.45) is 2.53. The second kappa shape index (κ2) is 8.67. The van der Waals surface area contributed by atoms with Gasteiger partial charge in [-0.3, -0.25) is 0 Å². The molecule has 0 fully saturated rings. The Hall–Kier alpha value is -0.380. The van der Waals surface area contributed by atoms with Gasteiger partial charge in [-0.25, -0.2) is 0 Å². The van der Waals surface area contributed by atoms with Crippen molar-refractivity contribution in [1.29, 1.82) is 0 Å². The molecule has 0 heterocycles. The minimum atomic E-state index is 0.197. The molecule has 94 valence electrons. The number of rotatable bonds is 7. The number of alkyl halides is 1. The number of benzene rings is 1. The van der Waals surface area contributed by atoms with Crippen LogP contribution in [0.5, 0.6) is 11.5 Å². The van der Waals surface area contributed by atoms with Gasteiger partial charge in [0.05, 0.1) is 6.61 Å². The highest BCUT2D eigenvalue weighted by molar-refractivity contribution is 9.09. The first-order valence-corrected chi connectivity index (χ1v) is 7.03. The van der Waals surface area contributed by atoms with Gasteiger partial charge in [0.15, 0.2) is 11.5 Å². The van der Waals surface area contributed by atoms with Gasteiger partial charge in [-0.15, -0.1) is 0 Å². The Labute approximate surface area is 120 Å². The third kappa shape index (κ3) is 6.20. The SMILES string of the molecule is ClC(Cl)=CCOc1ccccc1OCCCBr. The number of ether oxygens (including phenoxy) is 2. The van der Waals surface area contributed by atoms with E-state index in [1.807, 2.05) is 24.3 Å². The summed E-state index contributed by atoms with van der Waals surface area (Å²) >= 11 is 14.3. The first-order valence-electron chi connectivity index (χ1n) is 5.16. The Kier molecular flexibility index (Phi) is 7.49. The molecule has 0 aliphatic heterocycles. The molecule has 1 aromatic carbocycles. The summed E-state index contributed by atoms with van der Waals surface area (Å²) in [7, 11) is 0. The van der Waals surface area contributed by atoms with Crippen LogP contribution < -0.4 is 9.47 Å². The topological polar surface area (TPSA) is 18.5 Å². The smallest absolute Gasteiger partial charge is 0.161 e. The molecule has 0 N–H and O–H groups in total. The average Bonchev–Trinajstić information content (AvgIpc) is 2.31. The Morgan fingerprint density at radius 2 is 1.82 bits per heavy atom. The van der Waals surface area contributed by atoms with Crippen molar-refractivity contribution in [2.24, 2.45) is 0 Å². The highest BCUT2D eigenvalue weighted by Gasteiger charge is 2.02. The molecule has 0 saturated heterocycles. The molecule has 0 atom stereocenters. The molecule has 0 aromatic heterocycles. The van der Waals surface area contributed by atoms with E-state index in [4.69, 9.17) is 32.7 Å². The number of para-hydroxylation sites is 2. The van der Waals surface area contributed by atoms with Crippen LogP contribution in [0.3, 0.4) is 0 Å². The average molecular weight is 340 g/mol. The number of hydrogen-bond acceptors (Lipinski definition) is 2. The standard InChI is InChI=1S/C12H13BrCl2O2/c13-7-3-8-16-10-4-1-2-5-11(10)17-9-6-12(14)15/h1-2,4-6H,3,7-9H2. The van der Waals surface area contributed by atoms with E-state index in [0.29, 0.717) is 19.0 Å². The van der Waals surface area contributed by atoms with Crippen LogP contribution in [0.4, 0.5) is 0 Å². The van der Waals surface area contributed by atoms with E-state index in [2.05, 4.69) is 15.9 Å². The van der Waals surface area contributed by atoms with Crippen molar-refractivity contribution >= 4 is 39.1 Å². The normalized spacial score (nSPS) is 9.82. The molecule has 0 bridgehead atoms.